The molecule has 0 N–H and O–H groups in total. The SMILES string of the molecule is CC(C)CCCOC(=O)c1cccc(C(=O)Oc2cccc3ccccc23)c1. The maximum Gasteiger partial charge on any atom is 0.343 e. The zero-order valence-corrected chi connectivity index (χ0v) is 16.2. The first-order valence-corrected chi connectivity index (χ1v) is 9.51. The van der Waals surface area contributed by atoms with Crippen molar-refractivity contribution in [1.82, 2.24) is 0 Å². The van der Waals surface area contributed by atoms with Gasteiger partial charge < -0.3 is 9.47 Å². The molecule has 3 aromatic rings. The molecule has 0 aliphatic rings. The third-order valence-corrected chi connectivity index (χ3v) is 4.45. The van der Waals surface area contributed by atoms with Gasteiger partial charge in [0.05, 0.1) is 17.7 Å². The predicted octanol–water partition coefficient (Wildman–Crippen LogP) is 5.65. The lowest BCUT2D eigenvalue weighted by molar-refractivity contribution is 0.0494. The van der Waals surface area contributed by atoms with Crippen molar-refractivity contribution in [1.29, 1.82) is 0 Å². The number of rotatable bonds is 7. The maximum absolute atomic E-state index is 12.6. The van der Waals surface area contributed by atoms with Gasteiger partial charge in [0.1, 0.15) is 5.75 Å². The third-order valence-electron chi connectivity index (χ3n) is 4.45. The summed E-state index contributed by atoms with van der Waals surface area (Å²) in [7, 11) is 0. The van der Waals surface area contributed by atoms with Crippen molar-refractivity contribution in [2.45, 2.75) is 26.7 Å². The maximum atomic E-state index is 12.6. The molecule has 0 saturated heterocycles. The number of esters is 2. The Hall–Kier alpha value is -3.14. The van der Waals surface area contributed by atoms with Gasteiger partial charge in [0.2, 0.25) is 0 Å². The van der Waals surface area contributed by atoms with E-state index >= 15 is 0 Å². The monoisotopic (exact) mass is 376 g/mol. The Morgan fingerprint density at radius 2 is 1.54 bits per heavy atom. The Morgan fingerprint density at radius 3 is 2.32 bits per heavy atom. The zero-order chi connectivity index (χ0) is 19.9. The lowest BCUT2D eigenvalue weighted by atomic mass is 10.1. The second kappa shape index (κ2) is 9.18. The van der Waals surface area contributed by atoms with Gasteiger partial charge >= 0.3 is 11.9 Å². The second-order valence-electron chi connectivity index (χ2n) is 7.12. The molecular formula is C24H24O4. The summed E-state index contributed by atoms with van der Waals surface area (Å²) in [6, 6.07) is 19.7. The normalized spacial score (nSPS) is 10.8. The summed E-state index contributed by atoms with van der Waals surface area (Å²) in [5.74, 6) is 0.130. The molecule has 3 rings (SSSR count). The molecule has 4 nitrogen and oxygen atoms in total. The van der Waals surface area contributed by atoms with Gasteiger partial charge in [-0.15, -0.1) is 0 Å². The van der Waals surface area contributed by atoms with Gasteiger partial charge in [0.25, 0.3) is 0 Å². The van der Waals surface area contributed by atoms with Crippen molar-refractivity contribution in [2.75, 3.05) is 6.61 Å². The topological polar surface area (TPSA) is 52.6 Å². The van der Waals surface area contributed by atoms with Crippen LogP contribution in [0.25, 0.3) is 10.8 Å². The number of benzene rings is 3. The Labute approximate surface area is 165 Å². The summed E-state index contributed by atoms with van der Waals surface area (Å²) in [4.78, 5) is 24.8. The van der Waals surface area contributed by atoms with Crippen LogP contribution in [0.1, 0.15) is 47.4 Å². The molecule has 144 valence electrons. The number of hydrogen-bond donors (Lipinski definition) is 0. The second-order valence-corrected chi connectivity index (χ2v) is 7.12. The van der Waals surface area contributed by atoms with Crippen LogP contribution in [-0.4, -0.2) is 18.5 Å². The molecule has 3 aromatic carbocycles. The standard InChI is InChI=1S/C24H24O4/c1-17(2)8-7-15-27-23(25)19-11-5-12-20(16-19)24(26)28-22-14-6-10-18-9-3-4-13-21(18)22/h3-6,9-14,16-17H,7-8,15H2,1-2H3. The van der Waals surface area contributed by atoms with Crippen LogP contribution in [0.4, 0.5) is 0 Å². The van der Waals surface area contributed by atoms with Crippen LogP contribution in [0.2, 0.25) is 0 Å². The van der Waals surface area contributed by atoms with Gasteiger partial charge in [-0.2, -0.15) is 0 Å². The lowest BCUT2D eigenvalue weighted by Crippen LogP contribution is -2.12. The smallest absolute Gasteiger partial charge is 0.343 e. The van der Waals surface area contributed by atoms with Gasteiger partial charge in [0.15, 0.2) is 0 Å². The molecule has 0 radical (unpaired) electrons. The highest BCUT2D eigenvalue weighted by atomic mass is 16.5. The van der Waals surface area contributed by atoms with Gasteiger partial charge in [-0.3, -0.25) is 0 Å². The number of ether oxygens (including phenoxy) is 2. The van der Waals surface area contributed by atoms with E-state index in [0.717, 1.165) is 23.6 Å². The van der Waals surface area contributed by atoms with Crippen LogP contribution in [0.5, 0.6) is 5.75 Å². The highest BCUT2D eigenvalue weighted by Gasteiger charge is 2.14. The van der Waals surface area contributed by atoms with Crippen molar-refractivity contribution in [3.63, 3.8) is 0 Å². The number of carbonyl (C=O) groups excluding carboxylic acids is 2. The molecule has 28 heavy (non-hydrogen) atoms. The van der Waals surface area contributed by atoms with Crippen LogP contribution in [-0.2, 0) is 4.74 Å². The largest absolute Gasteiger partial charge is 0.462 e. The van der Waals surface area contributed by atoms with Crippen molar-refractivity contribution in [3.05, 3.63) is 77.9 Å². The number of fused-ring (bicyclic) bond motifs is 1. The van der Waals surface area contributed by atoms with E-state index in [1.165, 1.54) is 6.07 Å². The molecule has 0 saturated carbocycles. The first-order valence-electron chi connectivity index (χ1n) is 9.51. The van der Waals surface area contributed by atoms with E-state index in [9.17, 15) is 9.59 Å². The first-order chi connectivity index (χ1) is 13.5. The highest BCUT2D eigenvalue weighted by molar-refractivity contribution is 5.98. The van der Waals surface area contributed by atoms with E-state index in [1.807, 2.05) is 36.4 Å². The first kappa shape index (κ1) is 19.6. The van der Waals surface area contributed by atoms with Crippen LogP contribution in [0.3, 0.4) is 0 Å². The molecular weight excluding hydrogens is 352 g/mol. The molecule has 0 amide bonds. The Balaban J connectivity index is 1.69. The fourth-order valence-corrected chi connectivity index (χ4v) is 2.96. The van der Waals surface area contributed by atoms with E-state index in [2.05, 4.69) is 13.8 Å². The fourth-order valence-electron chi connectivity index (χ4n) is 2.96. The van der Waals surface area contributed by atoms with Gasteiger partial charge in [-0.1, -0.05) is 56.3 Å². The molecule has 0 aliphatic heterocycles. The van der Waals surface area contributed by atoms with Crippen molar-refractivity contribution in [2.24, 2.45) is 5.92 Å². The minimum atomic E-state index is -0.509. The van der Waals surface area contributed by atoms with Crippen LogP contribution in [0, 0.1) is 5.92 Å². The molecule has 0 aromatic heterocycles. The molecule has 0 spiro atoms. The molecule has 0 atom stereocenters. The minimum Gasteiger partial charge on any atom is -0.462 e. The van der Waals surface area contributed by atoms with Gasteiger partial charge in [-0.05, 0) is 48.4 Å². The Kier molecular flexibility index (Phi) is 6.43. The van der Waals surface area contributed by atoms with Crippen LogP contribution in [0.15, 0.2) is 66.7 Å². The average Bonchev–Trinajstić information content (AvgIpc) is 2.71. The predicted molar refractivity (Wildman–Crippen MR) is 110 cm³/mol. The van der Waals surface area contributed by atoms with Gasteiger partial charge in [0, 0.05) is 5.39 Å². The minimum absolute atomic E-state index is 0.310. The molecule has 0 heterocycles. The molecule has 0 fully saturated rings. The zero-order valence-electron chi connectivity index (χ0n) is 16.2. The van der Waals surface area contributed by atoms with E-state index in [4.69, 9.17) is 9.47 Å². The van der Waals surface area contributed by atoms with Crippen molar-refractivity contribution in [3.8, 4) is 5.75 Å². The molecule has 0 aliphatic carbocycles. The summed E-state index contributed by atoms with van der Waals surface area (Å²) >= 11 is 0. The van der Waals surface area contributed by atoms with E-state index in [0.29, 0.717) is 29.4 Å². The van der Waals surface area contributed by atoms with Crippen LogP contribution >= 0.6 is 0 Å². The number of hydrogen-bond acceptors (Lipinski definition) is 4. The number of carbonyl (C=O) groups is 2. The van der Waals surface area contributed by atoms with E-state index in [-0.39, 0.29) is 0 Å². The average molecular weight is 376 g/mol. The van der Waals surface area contributed by atoms with Gasteiger partial charge in [-0.25, -0.2) is 9.59 Å². The van der Waals surface area contributed by atoms with E-state index < -0.39 is 11.9 Å². The Morgan fingerprint density at radius 1 is 0.857 bits per heavy atom. The van der Waals surface area contributed by atoms with Crippen molar-refractivity contribution < 1.29 is 19.1 Å². The summed E-state index contributed by atoms with van der Waals surface area (Å²) in [5.41, 5.74) is 0.654. The highest BCUT2D eigenvalue weighted by Crippen LogP contribution is 2.26. The fraction of sp³-hybridized carbons (Fsp3) is 0.250. The summed E-state index contributed by atoms with van der Waals surface area (Å²) in [6.07, 6.45) is 1.83. The van der Waals surface area contributed by atoms with E-state index in [1.54, 1.807) is 24.3 Å². The summed E-state index contributed by atoms with van der Waals surface area (Å²) < 4.78 is 10.9. The summed E-state index contributed by atoms with van der Waals surface area (Å²) in [5, 5.41) is 1.85. The summed E-state index contributed by atoms with van der Waals surface area (Å²) in [6.45, 7) is 4.64. The molecule has 0 unspecified atom stereocenters. The van der Waals surface area contributed by atoms with Crippen LogP contribution < -0.4 is 4.74 Å². The van der Waals surface area contributed by atoms with Crippen molar-refractivity contribution >= 4 is 22.7 Å². The quantitative estimate of drug-likeness (QED) is 0.304. The molecule has 4 heteroatoms. The molecule has 0 bridgehead atoms. The Bertz CT molecular complexity index is 970. The third kappa shape index (κ3) is 4.97. The lowest BCUT2D eigenvalue weighted by Gasteiger charge is -2.09.